The predicted octanol–water partition coefficient (Wildman–Crippen LogP) is 3.20. The van der Waals surface area contributed by atoms with Crippen molar-refractivity contribution in [3.8, 4) is 11.3 Å². The van der Waals surface area contributed by atoms with E-state index in [0.717, 1.165) is 23.2 Å². The van der Waals surface area contributed by atoms with E-state index in [-0.39, 0.29) is 0 Å². The molecular formula is C15H19NO2. The molecule has 2 aromatic rings. The second kappa shape index (κ2) is 5.85. The molecule has 0 fully saturated rings. The summed E-state index contributed by atoms with van der Waals surface area (Å²) in [5.41, 5.74) is 3.16. The lowest BCUT2D eigenvalue weighted by Crippen LogP contribution is -2.01. The molecule has 0 bridgehead atoms. The van der Waals surface area contributed by atoms with Crippen molar-refractivity contribution >= 4 is 0 Å². The molecule has 2 rings (SSSR count). The Bertz CT molecular complexity index is 505. The van der Waals surface area contributed by atoms with Crippen molar-refractivity contribution in [1.82, 2.24) is 4.57 Å². The number of nitrogens with zero attached hydrogens (tertiary/aromatic N) is 1. The Balaban J connectivity index is 2.35. The molecule has 1 heterocycles. The van der Waals surface area contributed by atoms with Crippen LogP contribution in [0, 0.1) is 0 Å². The van der Waals surface area contributed by atoms with Gasteiger partial charge in [0.15, 0.2) is 0 Å². The van der Waals surface area contributed by atoms with Gasteiger partial charge in [0.05, 0.1) is 6.10 Å². The number of rotatable bonds is 5. The minimum Gasteiger partial charge on any atom is -0.388 e. The maximum atomic E-state index is 9.89. The Hall–Kier alpha value is -1.58. The van der Waals surface area contributed by atoms with Gasteiger partial charge >= 0.3 is 0 Å². The van der Waals surface area contributed by atoms with Crippen LogP contribution in [0.5, 0.6) is 0 Å². The molecule has 0 saturated carbocycles. The second-order valence-corrected chi connectivity index (χ2v) is 4.33. The highest BCUT2D eigenvalue weighted by Crippen LogP contribution is 2.25. The molecule has 3 nitrogen and oxygen atoms in total. The van der Waals surface area contributed by atoms with E-state index in [1.54, 1.807) is 7.11 Å². The van der Waals surface area contributed by atoms with Gasteiger partial charge in [0.2, 0.25) is 0 Å². The molecule has 1 atom stereocenters. The SMILES string of the molecule is CCC(O)c1cccc(-c2cccn2COC)c1. The first-order chi connectivity index (χ1) is 8.76. The van der Waals surface area contributed by atoms with Crippen molar-refractivity contribution in [2.24, 2.45) is 0 Å². The smallest absolute Gasteiger partial charge is 0.122 e. The molecule has 96 valence electrons. The Labute approximate surface area is 108 Å². The highest BCUT2D eigenvalue weighted by molar-refractivity contribution is 5.61. The number of aromatic nitrogens is 1. The van der Waals surface area contributed by atoms with Crippen molar-refractivity contribution in [3.05, 3.63) is 48.2 Å². The van der Waals surface area contributed by atoms with Crippen LogP contribution in [0.3, 0.4) is 0 Å². The maximum Gasteiger partial charge on any atom is 0.122 e. The topological polar surface area (TPSA) is 34.4 Å². The Morgan fingerprint density at radius 3 is 2.83 bits per heavy atom. The zero-order valence-corrected chi connectivity index (χ0v) is 10.8. The lowest BCUT2D eigenvalue weighted by molar-refractivity contribution is 0.133. The third-order valence-electron chi connectivity index (χ3n) is 3.05. The molecule has 0 saturated heterocycles. The third-order valence-corrected chi connectivity index (χ3v) is 3.05. The molecule has 0 amide bonds. The molecule has 0 aliphatic heterocycles. The van der Waals surface area contributed by atoms with Gasteiger partial charge in [-0.05, 0) is 35.7 Å². The number of benzene rings is 1. The summed E-state index contributed by atoms with van der Waals surface area (Å²) >= 11 is 0. The first-order valence-electron chi connectivity index (χ1n) is 6.18. The molecule has 0 spiro atoms. The van der Waals surface area contributed by atoms with E-state index in [9.17, 15) is 5.11 Å². The van der Waals surface area contributed by atoms with Gasteiger partial charge < -0.3 is 14.4 Å². The van der Waals surface area contributed by atoms with Gasteiger partial charge in [-0.3, -0.25) is 0 Å². The molecule has 1 aromatic carbocycles. The van der Waals surface area contributed by atoms with Crippen LogP contribution in [0.2, 0.25) is 0 Å². The fourth-order valence-electron chi connectivity index (χ4n) is 2.07. The van der Waals surface area contributed by atoms with Gasteiger partial charge in [0.1, 0.15) is 6.73 Å². The minimum atomic E-state index is -0.393. The van der Waals surface area contributed by atoms with Gasteiger partial charge in [-0.25, -0.2) is 0 Å². The van der Waals surface area contributed by atoms with E-state index in [0.29, 0.717) is 6.73 Å². The second-order valence-electron chi connectivity index (χ2n) is 4.33. The van der Waals surface area contributed by atoms with Gasteiger partial charge in [-0.15, -0.1) is 0 Å². The Morgan fingerprint density at radius 1 is 1.28 bits per heavy atom. The van der Waals surface area contributed by atoms with Crippen LogP contribution in [-0.4, -0.2) is 16.8 Å². The summed E-state index contributed by atoms with van der Waals surface area (Å²) in [6.45, 7) is 2.51. The van der Waals surface area contributed by atoms with Gasteiger partial charge in [0, 0.05) is 19.0 Å². The standard InChI is InChI=1S/C15H19NO2/c1-3-15(17)13-7-4-6-12(10-13)14-8-5-9-16(14)11-18-2/h4-10,15,17H,3,11H2,1-2H3. The first kappa shape index (κ1) is 12.9. The van der Waals surface area contributed by atoms with Crippen LogP contribution in [0.15, 0.2) is 42.6 Å². The largest absolute Gasteiger partial charge is 0.388 e. The Kier molecular flexibility index (Phi) is 4.18. The fraction of sp³-hybridized carbons (Fsp3) is 0.333. The van der Waals surface area contributed by atoms with Crippen LogP contribution in [-0.2, 0) is 11.5 Å². The highest BCUT2D eigenvalue weighted by atomic mass is 16.5. The van der Waals surface area contributed by atoms with Crippen molar-refractivity contribution in [2.75, 3.05) is 7.11 Å². The quantitative estimate of drug-likeness (QED) is 0.877. The molecule has 0 aliphatic carbocycles. The number of aliphatic hydroxyl groups excluding tert-OH is 1. The molecule has 3 heteroatoms. The molecule has 1 unspecified atom stereocenters. The fourth-order valence-corrected chi connectivity index (χ4v) is 2.07. The summed E-state index contributed by atoms with van der Waals surface area (Å²) in [6, 6.07) is 12.1. The Morgan fingerprint density at radius 2 is 2.11 bits per heavy atom. The van der Waals surface area contributed by atoms with E-state index >= 15 is 0 Å². The number of methoxy groups -OCH3 is 1. The summed E-state index contributed by atoms with van der Waals surface area (Å²) in [4.78, 5) is 0. The average Bonchev–Trinajstić information content (AvgIpc) is 2.87. The monoisotopic (exact) mass is 245 g/mol. The lowest BCUT2D eigenvalue weighted by Gasteiger charge is -2.12. The number of aliphatic hydroxyl groups is 1. The van der Waals surface area contributed by atoms with Crippen LogP contribution in [0.25, 0.3) is 11.3 Å². The summed E-state index contributed by atoms with van der Waals surface area (Å²) < 4.78 is 7.20. The van der Waals surface area contributed by atoms with E-state index in [1.165, 1.54) is 0 Å². The van der Waals surface area contributed by atoms with Crippen LogP contribution in [0.4, 0.5) is 0 Å². The number of hydrogen-bond acceptors (Lipinski definition) is 2. The number of hydrogen-bond donors (Lipinski definition) is 1. The minimum absolute atomic E-state index is 0.393. The summed E-state index contributed by atoms with van der Waals surface area (Å²) in [5, 5.41) is 9.89. The average molecular weight is 245 g/mol. The molecule has 0 aliphatic rings. The molecule has 1 aromatic heterocycles. The van der Waals surface area contributed by atoms with Gasteiger partial charge in [-0.2, -0.15) is 0 Å². The van der Waals surface area contributed by atoms with Crippen molar-refractivity contribution < 1.29 is 9.84 Å². The normalized spacial score (nSPS) is 12.6. The summed E-state index contributed by atoms with van der Waals surface area (Å²) in [6.07, 6.45) is 2.32. The van der Waals surface area contributed by atoms with Crippen LogP contribution >= 0.6 is 0 Å². The summed E-state index contributed by atoms with van der Waals surface area (Å²) in [5.74, 6) is 0. The summed E-state index contributed by atoms with van der Waals surface area (Å²) in [7, 11) is 1.68. The van der Waals surface area contributed by atoms with E-state index in [4.69, 9.17) is 4.74 Å². The van der Waals surface area contributed by atoms with Crippen molar-refractivity contribution in [2.45, 2.75) is 26.2 Å². The predicted molar refractivity (Wildman–Crippen MR) is 72.1 cm³/mol. The van der Waals surface area contributed by atoms with Crippen molar-refractivity contribution in [1.29, 1.82) is 0 Å². The van der Waals surface area contributed by atoms with Gasteiger partial charge in [-0.1, -0.05) is 25.1 Å². The molecular weight excluding hydrogens is 226 g/mol. The molecule has 1 N–H and O–H groups in total. The van der Waals surface area contributed by atoms with Crippen LogP contribution < -0.4 is 0 Å². The number of ether oxygens (including phenoxy) is 1. The van der Waals surface area contributed by atoms with E-state index in [2.05, 4.69) is 6.07 Å². The lowest BCUT2D eigenvalue weighted by atomic mass is 10.0. The van der Waals surface area contributed by atoms with Crippen LogP contribution in [0.1, 0.15) is 25.0 Å². The maximum absolute atomic E-state index is 9.89. The molecule has 0 radical (unpaired) electrons. The van der Waals surface area contributed by atoms with E-state index < -0.39 is 6.10 Å². The van der Waals surface area contributed by atoms with Crippen molar-refractivity contribution in [3.63, 3.8) is 0 Å². The zero-order chi connectivity index (χ0) is 13.0. The van der Waals surface area contributed by atoms with Gasteiger partial charge in [0.25, 0.3) is 0 Å². The molecule has 18 heavy (non-hydrogen) atoms. The highest BCUT2D eigenvalue weighted by Gasteiger charge is 2.08. The zero-order valence-electron chi connectivity index (χ0n) is 10.8. The van der Waals surface area contributed by atoms with E-state index in [1.807, 2.05) is 48.0 Å². The third kappa shape index (κ3) is 2.63. The first-order valence-corrected chi connectivity index (χ1v) is 6.18.